The molecule has 0 fully saturated rings. The molecule has 1 aliphatic heterocycles. The molecule has 0 saturated carbocycles. The second kappa shape index (κ2) is 8.10. The lowest BCUT2D eigenvalue weighted by atomic mass is 10.1. The van der Waals surface area contributed by atoms with Crippen LogP contribution in [-0.4, -0.2) is 26.9 Å². The minimum absolute atomic E-state index is 0. The third kappa shape index (κ3) is 3.67. The number of nitrogens with zero attached hydrogens (tertiary/aromatic N) is 2. The third-order valence-corrected chi connectivity index (χ3v) is 6.53. The van der Waals surface area contributed by atoms with Crippen molar-refractivity contribution in [2.75, 3.05) is 5.32 Å². The predicted molar refractivity (Wildman–Crippen MR) is 125 cm³/mol. The maximum Gasteiger partial charge on any atom is 0.275 e. The first kappa shape index (κ1) is 21.0. The highest BCUT2D eigenvalue weighted by Crippen LogP contribution is 2.40. The van der Waals surface area contributed by atoms with Gasteiger partial charge in [0, 0.05) is 27.0 Å². The van der Waals surface area contributed by atoms with Crippen molar-refractivity contribution in [3.8, 4) is 27.6 Å². The fourth-order valence-electron chi connectivity index (χ4n) is 3.20. The molecule has 4 aromatic rings. The summed E-state index contributed by atoms with van der Waals surface area (Å²) in [7, 11) is 0. The Morgan fingerprint density at radius 2 is 1.81 bits per heavy atom. The second-order valence-corrected chi connectivity index (χ2v) is 8.46. The van der Waals surface area contributed by atoms with E-state index in [4.69, 9.17) is 4.98 Å². The molecule has 1 aliphatic rings. The molecule has 7 nitrogen and oxygen atoms in total. The first-order chi connectivity index (χ1) is 14.5. The quantitative estimate of drug-likeness (QED) is 0.378. The minimum Gasteiger partial charge on any atom is -0.508 e. The topological polar surface area (TPSA) is 104 Å². The highest BCUT2D eigenvalue weighted by atomic mass is 35.5. The van der Waals surface area contributed by atoms with Crippen LogP contribution in [0.1, 0.15) is 6.92 Å². The average molecular weight is 471 g/mol. The molecule has 0 bridgehead atoms. The SMILES string of the molecule is CC1=C(Nc2nc(-c3ccc(O)cc3)nc3scc(-c4cccs4)c23)C(=O)NC1=O.Cl. The standard InChI is InChI=1S/C21H14N4O3S2.ClH/c1-10-16(20(28)25-19(10)27)22-18-15-13(14-3-2-8-29-14)9-30-21(15)24-17(23-18)11-4-6-12(26)7-5-11;/h2-9,26H,1H3,(H2,22,23,24,25,27,28);1H. The Morgan fingerprint density at radius 3 is 2.45 bits per heavy atom. The van der Waals surface area contributed by atoms with Crippen molar-refractivity contribution in [3.05, 3.63) is 58.4 Å². The Morgan fingerprint density at radius 1 is 1.03 bits per heavy atom. The van der Waals surface area contributed by atoms with E-state index in [0.717, 1.165) is 26.2 Å². The van der Waals surface area contributed by atoms with E-state index >= 15 is 0 Å². The maximum absolute atomic E-state index is 12.3. The first-order valence-electron chi connectivity index (χ1n) is 8.97. The fraction of sp³-hybridized carbons (Fsp3) is 0.0476. The summed E-state index contributed by atoms with van der Waals surface area (Å²) >= 11 is 3.08. The molecule has 1 aromatic carbocycles. The van der Waals surface area contributed by atoms with Crippen LogP contribution in [0.2, 0.25) is 0 Å². The summed E-state index contributed by atoms with van der Waals surface area (Å²) in [5, 5.41) is 19.7. The number of hydrogen-bond donors (Lipinski definition) is 3. The minimum atomic E-state index is -0.483. The lowest BCUT2D eigenvalue weighted by molar-refractivity contribution is -0.124. The van der Waals surface area contributed by atoms with Crippen LogP contribution in [0, 0.1) is 0 Å². The van der Waals surface area contributed by atoms with E-state index in [1.807, 2.05) is 22.9 Å². The number of carbonyl (C=O) groups excluding carboxylic acids is 2. The van der Waals surface area contributed by atoms with E-state index in [0.29, 0.717) is 17.2 Å². The zero-order valence-corrected chi connectivity index (χ0v) is 18.5. The summed E-state index contributed by atoms with van der Waals surface area (Å²) < 4.78 is 0. The highest BCUT2D eigenvalue weighted by Gasteiger charge is 2.28. The van der Waals surface area contributed by atoms with Gasteiger partial charge >= 0.3 is 0 Å². The number of aromatic hydroxyl groups is 1. The van der Waals surface area contributed by atoms with E-state index in [1.54, 1.807) is 42.5 Å². The number of amides is 2. The summed E-state index contributed by atoms with van der Waals surface area (Å²) in [4.78, 5) is 35.3. The van der Waals surface area contributed by atoms with E-state index in [-0.39, 0.29) is 23.9 Å². The smallest absolute Gasteiger partial charge is 0.275 e. The van der Waals surface area contributed by atoms with Gasteiger partial charge in [0.2, 0.25) is 0 Å². The van der Waals surface area contributed by atoms with E-state index < -0.39 is 11.8 Å². The molecular formula is C21H15ClN4O3S2. The van der Waals surface area contributed by atoms with E-state index in [1.165, 1.54) is 11.3 Å². The molecule has 0 aliphatic carbocycles. The number of carbonyl (C=O) groups is 2. The summed E-state index contributed by atoms with van der Waals surface area (Å²) in [6, 6.07) is 10.6. The lowest BCUT2D eigenvalue weighted by Crippen LogP contribution is -2.24. The molecule has 0 saturated heterocycles. The second-order valence-electron chi connectivity index (χ2n) is 6.66. The van der Waals surface area contributed by atoms with Gasteiger partial charge in [-0.2, -0.15) is 0 Å². The Labute approximate surface area is 190 Å². The van der Waals surface area contributed by atoms with Crippen molar-refractivity contribution < 1.29 is 14.7 Å². The molecule has 0 spiro atoms. The zero-order chi connectivity index (χ0) is 20.8. The van der Waals surface area contributed by atoms with Crippen molar-refractivity contribution in [2.24, 2.45) is 0 Å². The number of rotatable bonds is 4. The number of thiophene rings is 2. The Kier molecular flexibility index (Phi) is 5.48. The lowest BCUT2D eigenvalue weighted by Gasteiger charge is -2.11. The van der Waals surface area contributed by atoms with E-state index in [9.17, 15) is 14.7 Å². The Balaban J connectivity index is 0.00000231. The van der Waals surface area contributed by atoms with Gasteiger partial charge in [-0.3, -0.25) is 14.9 Å². The van der Waals surface area contributed by atoms with Crippen molar-refractivity contribution >= 4 is 62.9 Å². The van der Waals surface area contributed by atoms with Gasteiger partial charge in [-0.25, -0.2) is 9.97 Å². The highest BCUT2D eigenvalue weighted by molar-refractivity contribution is 7.18. The first-order valence-corrected chi connectivity index (χ1v) is 10.7. The van der Waals surface area contributed by atoms with Crippen LogP contribution >= 0.6 is 35.1 Å². The van der Waals surface area contributed by atoms with Gasteiger partial charge in [-0.15, -0.1) is 35.1 Å². The fourth-order valence-corrected chi connectivity index (χ4v) is 4.96. The third-order valence-electron chi connectivity index (χ3n) is 4.76. The van der Waals surface area contributed by atoms with Gasteiger partial charge in [0.1, 0.15) is 22.1 Å². The average Bonchev–Trinajstić information content (AvgIpc) is 3.45. The summed E-state index contributed by atoms with van der Waals surface area (Å²) in [5.41, 5.74) is 2.18. The van der Waals surface area contributed by atoms with Crippen molar-refractivity contribution in [2.45, 2.75) is 6.92 Å². The van der Waals surface area contributed by atoms with Crippen LogP contribution in [-0.2, 0) is 9.59 Å². The molecule has 3 N–H and O–H groups in total. The molecule has 156 valence electrons. The molecule has 0 unspecified atom stereocenters. The molecule has 0 radical (unpaired) electrons. The molecule has 5 rings (SSSR count). The number of aromatic nitrogens is 2. The number of halogens is 1. The monoisotopic (exact) mass is 470 g/mol. The predicted octanol–water partition coefficient (Wildman–Crippen LogP) is 4.56. The largest absolute Gasteiger partial charge is 0.508 e. The van der Waals surface area contributed by atoms with Gasteiger partial charge in [-0.05, 0) is 42.6 Å². The number of benzene rings is 1. The van der Waals surface area contributed by atoms with Crippen molar-refractivity contribution in [1.29, 1.82) is 0 Å². The number of phenols is 1. The molecule has 0 atom stereocenters. The van der Waals surface area contributed by atoms with E-state index in [2.05, 4.69) is 15.6 Å². The number of hydrogen-bond acceptors (Lipinski definition) is 8. The molecule has 3 aromatic heterocycles. The molecule has 10 heteroatoms. The molecule has 4 heterocycles. The van der Waals surface area contributed by atoms with Gasteiger partial charge in [0.25, 0.3) is 11.8 Å². The normalized spacial score (nSPS) is 13.5. The van der Waals surface area contributed by atoms with Crippen LogP contribution < -0.4 is 10.6 Å². The van der Waals surface area contributed by atoms with Crippen LogP contribution in [0.4, 0.5) is 5.82 Å². The summed E-state index contributed by atoms with van der Waals surface area (Å²) in [6.07, 6.45) is 0. The number of phenolic OH excluding ortho intramolecular Hbond substituents is 1. The van der Waals surface area contributed by atoms with Crippen LogP contribution in [0.5, 0.6) is 5.75 Å². The molecule has 31 heavy (non-hydrogen) atoms. The van der Waals surface area contributed by atoms with Gasteiger partial charge in [0.15, 0.2) is 5.82 Å². The molecule has 2 amide bonds. The Hall–Kier alpha value is -3.27. The van der Waals surface area contributed by atoms with Crippen molar-refractivity contribution in [3.63, 3.8) is 0 Å². The van der Waals surface area contributed by atoms with Crippen LogP contribution in [0.25, 0.3) is 32.0 Å². The molecular weight excluding hydrogens is 456 g/mol. The van der Waals surface area contributed by atoms with Crippen molar-refractivity contribution in [1.82, 2.24) is 15.3 Å². The summed E-state index contributed by atoms with van der Waals surface area (Å²) in [5.74, 6) is 0.148. The summed E-state index contributed by atoms with van der Waals surface area (Å²) in [6.45, 7) is 1.59. The Bertz CT molecular complexity index is 1350. The maximum atomic E-state index is 12.3. The number of fused-ring (bicyclic) bond motifs is 1. The zero-order valence-electron chi connectivity index (χ0n) is 16.0. The van der Waals surface area contributed by atoms with Gasteiger partial charge < -0.3 is 10.4 Å². The van der Waals surface area contributed by atoms with Crippen LogP contribution in [0.15, 0.2) is 58.4 Å². The number of anilines is 1. The van der Waals surface area contributed by atoms with Crippen LogP contribution in [0.3, 0.4) is 0 Å². The van der Waals surface area contributed by atoms with Gasteiger partial charge in [-0.1, -0.05) is 6.07 Å². The van der Waals surface area contributed by atoms with Gasteiger partial charge in [0.05, 0.1) is 5.39 Å². The number of imide groups is 1. The number of nitrogens with one attached hydrogen (secondary N) is 2.